The minimum Gasteiger partial charge on any atom is -1.00 e. The lowest BCUT2D eigenvalue weighted by atomic mass is 9.48. The van der Waals surface area contributed by atoms with E-state index in [0.717, 1.165) is 24.0 Å². The summed E-state index contributed by atoms with van der Waals surface area (Å²) < 4.78 is 31.4. The number of phenols is 1. The standard InChI is InChI=1S/C21H25NO4.BrH/c1-22(11-12-2-3-12)9-8-20-17-13-4-5-14(23)18(17)26-19(20)15(24)6-7-21(20,25)16(22)10-13;/h4-5,12,16,19,25H,2-3,6-11H2,1H3;1H/t16-,19+,20+,21-,22?;/m1./s1/i1D3;. The Bertz CT molecular complexity index is 951. The number of nitrogens with zero attached hydrogens (tertiary/aromatic N) is 1. The molecule has 5 aliphatic rings. The highest BCUT2D eigenvalue weighted by Gasteiger charge is 2.76. The molecule has 2 saturated carbocycles. The number of Topliss-reactive ketones (excluding diaryl/α,β-unsaturated/α-hetero) is 1. The Morgan fingerprint density at radius 2 is 2.19 bits per heavy atom. The van der Waals surface area contributed by atoms with Gasteiger partial charge in [0.25, 0.3) is 0 Å². The van der Waals surface area contributed by atoms with Crippen LogP contribution in [0.15, 0.2) is 12.1 Å². The Kier molecular flexibility index (Phi) is 2.90. The van der Waals surface area contributed by atoms with Gasteiger partial charge in [-0.25, -0.2) is 0 Å². The SMILES string of the molecule is [2H]C([2H])([2H])[N+]1(CC2CC2)CC[C@]23c4c5ccc(O)c4O[C@H]2C(=O)CC[C@@]3(O)[C@H]1C5.[Br-]. The van der Waals surface area contributed by atoms with Gasteiger partial charge in [-0.2, -0.15) is 0 Å². The second-order valence-electron chi connectivity index (χ2n) is 9.16. The van der Waals surface area contributed by atoms with Crippen LogP contribution in [0.25, 0.3) is 0 Å². The van der Waals surface area contributed by atoms with Gasteiger partial charge in [0, 0.05) is 30.7 Å². The van der Waals surface area contributed by atoms with Crippen molar-refractivity contribution < 1.29 is 45.3 Å². The number of aliphatic hydroxyl groups is 1. The monoisotopic (exact) mass is 438 g/mol. The first-order valence-corrected chi connectivity index (χ1v) is 9.78. The van der Waals surface area contributed by atoms with Crippen LogP contribution in [0.2, 0.25) is 0 Å². The van der Waals surface area contributed by atoms with Gasteiger partial charge in [0.2, 0.25) is 0 Å². The van der Waals surface area contributed by atoms with E-state index in [1.165, 1.54) is 0 Å². The molecule has 3 aliphatic carbocycles. The van der Waals surface area contributed by atoms with Crippen molar-refractivity contribution in [3.05, 3.63) is 23.3 Å². The maximum absolute atomic E-state index is 12.9. The van der Waals surface area contributed by atoms with E-state index < -0.39 is 30.1 Å². The average molecular weight is 439 g/mol. The molecule has 2 bridgehead atoms. The number of hydrogen-bond donors (Lipinski definition) is 2. The van der Waals surface area contributed by atoms with Crippen LogP contribution in [0.5, 0.6) is 11.5 Å². The van der Waals surface area contributed by atoms with Crippen LogP contribution in [0.4, 0.5) is 0 Å². The van der Waals surface area contributed by atoms with Crippen molar-refractivity contribution in [3.8, 4) is 11.5 Å². The summed E-state index contributed by atoms with van der Waals surface area (Å²) in [6, 6.07) is 2.88. The number of hydrogen-bond acceptors (Lipinski definition) is 4. The van der Waals surface area contributed by atoms with Crippen molar-refractivity contribution in [1.82, 2.24) is 0 Å². The average Bonchev–Trinajstić information content (AvgIpc) is 3.38. The second kappa shape index (κ2) is 5.28. The fourth-order valence-electron chi connectivity index (χ4n) is 6.60. The molecule has 5 atom stereocenters. The van der Waals surface area contributed by atoms with Gasteiger partial charge in [-0.15, -0.1) is 0 Å². The van der Waals surface area contributed by atoms with Crippen LogP contribution in [0.1, 0.15) is 47.3 Å². The zero-order chi connectivity index (χ0) is 20.4. The molecule has 1 spiro atoms. The maximum Gasteiger partial charge on any atom is 0.174 e. The van der Waals surface area contributed by atoms with Crippen LogP contribution in [0.3, 0.4) is 0 Å². The Hall–Kier alpha value is -1.11. The molecule has 1 aromatic rings. The van der Waals surface area contributed by atoms with Gasteiger partial charge in [-0.05, 0) is 30.9 Å². The topological polar surface area (TPSA) is 66.8 Å². The zero-order valence-corrected chi connectivity index (χ0v) is 16.7. The molecule has 0 aromatic heterocycles. The van der Waals surface area contributed by atoms with E-state index >= 15 is 0 Å². The van der Waals surface area contributed by atoms with E-state index in [9.17, 15) is 15.0 Å². The van der Waals surface area contributed by atoms with Crippen LogP contribution >= 0.6 is 0 Å². The number of piperidine rings is 1. The molecule has 1 aromatic carbocycles. The molecule has 2 heterocycles. The lowest BCUT2D eigenvalue weighted by Gasteiger charge is -2.64. The van der Waals surface area contributed by atoms with E-state index in [1.807, 2.05) is 6.07 Å². The number of quaternary nitrogens is 1. The Balaban J connectivity index is 0.00000193. The largest absolute Gasteiger partial charge is 1.00 e. The quantitative estimate of drug-likeness (QED) is 0.561. The van der Waals surface area contributed by atoms with Crippen LogP contribution in [0, 0.1) is 5.92 Å². The van der Waals surface area contributed by atoms with E-state index in [0.29, 0.717) is 37.6 Å². The van der Waals surface area contributed by atoms with Crippen molar-refractivity contribution in [2.75, 3.05) is 20.1 Å². The summed E-state index contributed by atoms with van der Waals surface area (Å²) in [6.07, 6.45) is 2.49. The summed E-state index contributed by atoms with van der Waals surface area (Å²) in [5.41, 5.74) is -0.624. The third-order valence-corrected chi connectivity index (χ3v) is 7.92. The predicted octanol–water partition coefficient (Wildman–Crippen LogP) is -1.33. The van der Waals surface area contributed by atoms with E-state index in [2.05, 4.69) is 0 Å². The minimum atomic E-state index is -2.24. The van der Waals surface area contributed by atoms with Crippen molar-refractivity contribution in [3.63, 3.8) is 0 Å². The molecule has 3 fully saturated rings. The van der Waals surface area contributed by atoms with Crippen LogP contribution in [-0.2, 0) is 16.6 Å². The molecule has 6 heteroatoms. The molecule has 6 rings (SSSR count). The van der Waals surface area contributed by atoms with Crippen LogP contribution in [-0.4, -0.2) is 58.3 Å². The predicted molar refractivity (Wildman–Crippen MR) is 94.1 cm³/mol. The lowest BCUT2D eigenvalue weighted by molar-refractivity contribution is -0.950. The number of carbonyl (C=O) groups excluding carboxylic acids is 1. The number of likely N-dealkylation sites (N-methyl/N-ethyl adjacent to an activating group) is 1. The van der Waals surface area contributed by atoms with Gasteiger partial charge in [0.05, 0.1) is 29.6 Å². The number of rotatable bonds is 2. The number of carbonyl (C=O) groups is 1. The first-order valence-electron chi connectivity index (χ1n) is 11.3. The van der Waals surface area contributed by atoms with Gasteiger partial charge in [0.1, 0.15) is 11.6 Å². The lowest BCUT2D eigenvalue weighted by Crippen LogP contribution is -3.00. The van der Waals surface area contributed by atoms with Crippen molar-refractivity contribution >= 4 is 5.78 Å². The highest BCUT2D eigenvalue weighted by molar-refractivity contribution is 5.90. The first kappa shape index (κ1) is 14.8. The van der Waals surface area contributed by atoms with Gasteiger partial charge in [0.15, 0.2) is 23.4 Å². The van der Waals surface area contributed by atoms with Crippen molar-refractivity contribution in [1.29, 1.82) is 0 Å². The molecule has 2 N–H and O–H groups in total. The number of phenolic OH excluding ortho intramolecular Hbond substituents is 1. The summed E-state index contributed by atoms with van der Waals surface area (Å²) in [5.74, 6) is 0.635. The number of ether oxygens (including phenoxy) is 1. The number of benzene rings is 1. The smallest absolute Gasteiger partial charge is 0.174 e. The number of aromatic hydroxyl groups is 1. The Morgan fingerprint density at radius 3 is 2.93 bits per heavy atom. The fourth-order valence-corrected chi connectivity index (χ4v) is 6.60. The molecular formula is C21H26BrNO4. The molecule has 0 radical (unpaired) electrons. The van der Waals surface area contributed by atoms with Gasteiger partial charge in [-0.3, -0.25) is 4.79 Å². The van der Waals surface area contributed by atoms with Gasteiger partial charge >= 0.3 is 0 Å². The van der Waals surface area contributed by atoms with Crippen molar-refractivity contribution in [2.45, 2.75) is 61.7 Å². The summed E-state index contributed by atoms with van der Waals surface area (Å²) in [4.78, 5) is 12.9. The molecule has 146 valence electrons. The molecular weight excluding hydrogens is 410 g/mol. The minimum absolute atomic E-state index is 0. The first-order chi connectivity index (χ1) is 13.6. The number of ketones is 1. The summed E-state index contributed by atoms with van der Waals surface area (Å²) in [6.45, 7) is -1.29. The third-order valence-electron chi connectivity index (χ3n) is 7.92. The van der Waals surface area contributed by atoms with Gasteiger partial charge < -0.3 is 36.4 Å². The van der Waals surface area contributed by atoms with E-state index in [4.69, 9.17) is 8.85 Å². The molecule has 1 unspecified atom stereocenters. The molecule has 5 nitrogen and oxygen atoms in total. The number of halogens is 1. The zero-order valence-electron chi connectivity index (χ0n) is 18.1. The van der Waals surface area contributed by atoms with Gasteiger partial charge in [-0.1, -0.05) is 6.07 Å². The highest BCUT2D eigenvalue weighted by atomic mass is 79.9. The van der Waals surface area contributed by atoms with Crippen molar-refractivity contribution in [2.24, 2.45) is 5.92 Å². The van der Waals surface area contributed by atoms with Crippen LogP contribution < -0.4 is 21.7 Å². The molecule has 2 aliphatic heterocycles. The summed E-state index contributed by atoms with van der Waals surface area (Å²) >= 11 is 0. The highest BCUT2D eigenvalue weighted by Crippen LogP contribution is 2.65. The Labute approximate surface area is 173 Å². The van der Waals surface area contributed by atoms with E-state index in [1.54, 1.807) is 6.07 Å². The van der Waals surface area contributed by atoms with E-state index in [-0.39, 0.29) is 45.8 Å². The molecule has 1 saturated heterocycles. The Morgan fingerprint density at radius 1 is 1.37 bits per heavy atom. The molecule has 0 amide bonds. The second-order valence-corrected chi connectivity index (χ2v) is 9.16. The normalized spacial score (nSPS) is 45.7. The summed E-state index contributed by atoms with van der Waals surface area (Å²) in [7, 11) is 0. The summed E-state index contributed by atoms with van der Waals surface area (Å²) in [5, 5.41) is 22.7. The fraction of sp³-hybridized carbons (Fsp3) is 0.667. The molecule has 27 heavy (non-hydrogen) atoms. The number of likely N-dealkylation sites (tertiary alicyclic amines) is 1. The maximum atomic E-state index is 12.9. The third kappa shape index (κ3) is 1.94.